The third kappa shape index (κ3) is 3.08. The van der Waals surface area contributed by atoms with Gasteiger partial charge < -0.3 is 18.6 Å². The van der Waals surface area contributed by atoms with Crippen LogP contribution in [0.4, 0.5) is 5.69 Å². The lowest BCUT2D eigenvalue weighted by Gasteiger charge is -2.12. The maximum atomic E-state index is 5.86. The highest BCUT2D eigenvalue weighted by Gasteiger charge is 2.12. The van der Waals surface area contributed by atoms with Crippen LogP contribution in [0.5, 0.6) is 17.2 Å². The molecule has 4 rings (SSSR count). The average Bonchev–Trinajstić information content (AvgIpc) is 3.09. The van der Waals surface area contributed by atoms with Gasteiger partial charge in [0, 0.05) is 22.6 Å². The smallest absolute Gasteiger partial charge is 0.203 e. The zero-order chi connectivity index (χ0) is 18.8. The highest BCUT2D eigenvalue weighted by Crippen LogP contribution is 2.38. The zero-order valence-corrected chi connectivity index (χ0v) is 15.4. The average molecular weight is 361 g/mol. The second-order valence-corrected chi connectivity index (χ2v) is 6.00. The zero-order valence-electron chi connectivity index (χ0n) is 15.4. The molecule has 0 atom stereocenters. The number of benzene rings is 3. The number of hydrogen-bond acceptors (Lipinski definition) is 5. The molecule has 5 heteroatoms. The van der Waals surface area contributed by atoms with E-state index in [1.54, 1.807) is 27.5 Å². The Morgan fingerprint density at radius 3 is 2.19 bits per heavy atom. The fourth-order valence-corrected chi connectivity index (χ4v) is 3.12. The molecule has 1 heterocycles. The molecule has 4 aromatic rings. The lowest BCUT2D eigenvalue weighted by atomic mass is 10.1. The number of nitrogens with zero attached hydrogens (tertiary/aromatic N) is 1. The normalized spacial score (nSPS) is 11.4. The van der Waals surface area contributed by atoms with E-state index in [1.165, 1.54) is 0 Å². The first-order valence-electron chi connectivity index (χ1n) is 8.49. The largest absolute Gasteiger partial charge is 0.493 e. The van der Waals surface area contributed by atoms with Gasteiger partial charge in [-0.05, 0) is 36.4 Å². The Hall–Kier alpha value is -3.47. The Balaban J connectivity index is 1.73. The van der Waals surface area contributed by atoms with Gasteiger partial charge in [-0.15, -0.1) is 0 Å². The first kappa shape index (κ1) is 17.0. The Kier molecular flexibility index (Phi) is 4.42. The van der Waals surface area contributed by atoms with Gasteiger partial charge in [0.15, 0.2) is 11.5 Å². The molecule has 0 saturated carbocycles. The van der Waals surface area contributed by atoms with E-state index in [4.69, 9.17) is 18.6 Å². The number of fused-ring (bicyclic) bond motifs is 3. The second-order valence-electron chi connectivity index (χ2n) is 6.00. The van der Waals surface area contributed by atoms with E-state index in [2.05, 4.69) is 4.99 Å². The predicted molar refractivity (Wildman–Crippen MR) is 107 cm³/mol. The molecule has 0 bridgehead atoms. The quantitative estimate of drug-likeness (QED) is 0.449. The minimum absolute atomic E-state index is 0.559. The van der Waals surface area contributed by atoms with Crippen molar-refractivity contribution < 1.29 is 18.6 Å². The van der Waals surface area contributed by atoms with Gasteiger partial charge in [-0.3, -0.25) is 4.99 Å². The summed E-state index contributed by atoms with van der Waals surface area (Å²) in [7, 11) is 4.77. The SMILES string of the molecule is COc1cc(C=Nc2ccc3oc4ccccc4c3c2)cc(OC)c1OC. The van der Waals surface area contributed by atoms with Gasteiger partial charge in [0.2, 0.25) is 5.75 Å². The maximum Gasteiger partial charge on any atom is 0.203 e. The number of furan rings is 1. The van der Waals surface area contributed by atoms with Crippen LogP contribution in [0.25, 0.3) is 21.9 Å². The van der Waals surface area contributed by atoms with Crippen molar-refractivity contribution in [1.29, 1.82) is 0 Å². The fourth-order valence-electron chi connectivity index (χ4n) is 3.12. The molecular weight excluding hydrogens is 342 g/mol. The first-order valence-corrected chi connectivity index (χ1v) is 8.49. The van der Waals surface area contributed by atoms with E-state index in [-0.39, 0.29) is 0 Å². The van der Waals surface area contributed by atoms with Crippen molar-refractivity contribution in [2.75, 3.05) is 21.3 Å². The van der Waals surface area contributed by atoms with Crippen LogP contribution in [0.15, 0.2) is 64.0 Å². The van der Waals surface area contributed by atoms with E-state index < -0.39 is 0 Å². The molecule has 0 saturated heterocycles. The van der Waals surface area contributed by atoms with Crippen molar-refractivity contribution in [3.8, 4) is 17.2 Å². The topological polar surface area (TPSA) is 53.2 Å². The van der Waals surface area contributed by atoms with Gasteiger partial charge in [0.05, 0.1) is 27.0 Å². The second kappa shape index (κ2) is 7.03. The molecule has 0 spiro atoms. The minimum Gasteiger partial charge on any atom is -0.493 e. The summed E-state index contributed by atoms with van der Waals surface area (Å²) >= 11 is 0. The van der Waals surface area contributed by atoms with Crippen molar-refractivity contribution >= 4 is 33.8 Å². The lowest BCUT2D eigenvalue weighted by molar-refractivity contribution is 0.324. The van der Waals surface area contributed by atoms with Gasteiger partial charge >= 0.3 is 0 Å². The highest BCUT2D eigenvalue weighted by molar-refractivity contribution is 6.06. The summed E-state index contributed by atoms with van der Waals surface area (Å²) < 4.78 is 22.0. The van der Waals surface area contributed by atoms with Crippen LogP contribution < -0.4 is 14.2 Å². The molecule has 0 aliphatic heterocycles. The summed E-state index contributed by atoms with van der Waals surface area (Å²) in [5, 5.41) is 2.13. The maximum absolute atomic E-state index is 5.86. The van der Waals surface area contributed by atoms with Crippen LogP contribution in [-0.2, 0) is 0 Å². The van der Waals surface area contributed by atoms with E-state index in [0.717, 1.165) is 33.2 Å². The summed E-state index contributed by atoms with van der Waals surface area (Å²) in [6.45, 7) is 0. The number of ether oxygens (including phenoxy) is 3. The molecule has 0 amide bonds. The molecule has 3 aromatic carbocycles. The first-order chi connectivity index (χ1) is 13.2. The molecule has 0 unspecified atom stereocenters. The molecule has 0 N–H and O–H groups in total. The van der Waals surface area contributed by atoms with Crippen molar-refractivity contribution in [1.82, 2.24) is 0 Å². The molecule has 0 aliphatic rings. The number of rotatable bonds is 5. The summed E-state index contributed by atoms with van der Waals surface area (Å²) in [5.41, 5.74) is 3.41. The number of hydrogen-bond donors (Lipinski definition) is 0. The van der Waals surface area contributed by atoms with Gasteiger partial charge in [-0.25, -0.2) is 0 Å². The van der Waals surface area contributed by atoms with Crippen LogP contribution in [0.2, 0.25) is 0 Å². The van der Waals surface area contributed by atoms with Crippen molar-refractivity contribution in [2.24, 2.45) is 4.99 Å². The van der Waals surface area contributed by atoms with Crippen molar-refractivity contribution in [3.05, 3.63) is 60.2 Å². The molecule has 0 aliphatic carbocycles. The van der Waals surface area contributed by atoms with Crippen LogP contribution in [0.3, 0.4) is 0 Å². The molecule has 5 nitrogen and oxygen atoms in total. The van der Waals surface area contributed by atoms with Gasteiger partial charge in [-0.2, -0.15) is 0 Å². The summed E-state index contributed by atoms with van der Waals surface area (Å²) in [6, 6.07) is 17.6. The van der Waals surface area contributed by atoms with Crippen LogP contribution in [0.1, 0.15) is 5.56 Å². The van der Waals surface area contributed by atoms with Gasteiger partial charge in [0.1, 0.15) is 11.2 Å². The predicted octanol–water partition coefficient (Wildman–Crippen LogP) is 5.36. The standard InChI is InChI=1S/C22H19NO4/c1-24-20-10-14(11-21(25-2)22(20)26-3)13-23-15-8-9-19-17(12-15)16-6-4-5-7-18(16)27-19/h4-13H,1-3H3. The third-order valence-electron chi connectivity index (χ3n) is 4.41. The van der Waals surface area contributed by atoms with Gasteiger partial charge in [-0.1, -0.05) is 18.2 Å². The van der Waals surface area contributed by atoms with E-state index in [1.807, 2.05) is 54.6 Å². The van der Waals surface area contributed by atoms with Crippen LogP contribution >= 0.6 is 0 Å². The molecular formula is C22H19NO4. The molecule has 1 aromatic heterocycles. The molecule has 0 radical (unpaired) electrons. The molecule has 0 fully saturated rings. The minimum atomic E-state index is 0.559. The monoisotopic (exact) mass is 361 g/mol. The highest BCUT2D eigenvalue weighted by atomic mass is 16.5. The number of aliphatic imine (C=N–C) groups is 1. The Morgan fingerprint density at radius 1 is 0.778 bits per heavy atom. The fraction of sp³-hybridized carbons (Fsp3) is 0.136. The van der Waals surface area contributed by atoms with E-state index in [9.17, 15) is 0 Å². The Morgan fingerprint density at radius 2 is 1.48 bits per heavy atom. The van der Waals surface area contributed by atoms with Crippen molar-refractivity contribution in [3.63, 3.8) is 0 Å². The van der Waals surface area contributed by atoms with Crippen LogP contribution in [0, 0.1) is 0 Å². The number of para-hydroxylation sites is 1. The van der Waals surface area contributed by atoms with E-state index in [0.29, 0.717) is 17.2 Å². The Bertz CT molecular complexity index is 1120. The van der Waals surface area contributed by atoms with Gasteiger partial charge in [0.25, 0.3) is 0 Å². The summed E-state index contributed by atoms with van der Waals surface area (Å²) in [6.07, 6.45) is 1.77. The van der Waals surface area contributed by atoms with Crippen molar-refractivity contribution in [2.45, 2.75) is 0 Å². The number of methoxy groups -OCH3 is 3. The van der Waals surface area contributed by atoms with Crippen LogP contribution in [-0.4, -0.2) is 27.5 Å². The van der Waals surface area contributed by atoms with E-state index >= 15 is 0 Å². The third-order valence-corrected chi connectivity index (χ3v) is 4.41. The summed E-state index contributed by atoms with van der Waals surface area (Å²) in [5.74, 6) is 1.74. The molecule has 27 heavy (non-hydrogen) atoms. The lowest BCUT2D eigenvalue weighted by Crippen LogP contribution is -1.96. The molecule has 136 valence electrons. The summed E-state index contributed by atoms with van der Waals surface area (Å²) in [4.78, 5) is 4.60. The Labute approximate surface area is 156 Å².